The third kappa shape index (κ3) is 2.26. The molecule has 6 heteroatoms. The highest BCUT2D eigenvalue weighted by molar-refractivity contribution is 6.32. The average Bonchev–Trinajstić information content (AvgIpc) is 2.33. The number of methoxy groups -OCH3 is 1. The summed E-state index contributed by atoms with van der Waals surface area (Å²) in [6.45, 7) is -0.285. The van der Waals surface area contributed by atoms with Gasteiger partial charge in [0.15, 0.2) is 0 Å². The Hall–Kier alpha value is -1.75. The molecule has 96 valence electrons. The van der Waals surface area contributed by atoms with Gasteiger partial charge < -0.3 is 14.7 Å². The van der Waals surface area contributed by atoms with Crippen molar-refractivity contribution >= 4 is 23.5 Å². The van der Waals surface area contributed by atoms with Crippen molar-refractivity contribution in [3.63, 3.8) is 0 Å². The number of amides is 1. The molecule has 1 saturated heterocycles. The van der Waals surface area contributed by atoms with E-state index < -0.39 is 5.97 Å². The van der Waals surface area contributed by atoms with Crippen molar-refractivity contribution in [1.82, 2.24) is 4.90 Å². The molecule has 1 fully saturated rings. The molecule has 1 aliphatic rings. The van der Waals surface area contributed by atoms with Gasteiger partial charge in [0.05, 0.1) is 24.6 Å². The lowest BCUT2D eigenvalue weighted by molar-refractivity contribution is -0.155. The summed E-state index contributed by atoms with van der Waals surface area (Å²) in [7, 11) is 1.52. The Morgan fingerprint density at radius 1 is 1.61 bits per heavy atom. The molecule has 0 spiro atoms. The first kappa shape index (κ1) is 12.7. The fourth-order valence-electron chi connectivity index (χ4n) is 1.99. The Bertz CT molecular complexity index is 503. The first-order valence-electron chi connectivity index (χ1n) is 5.37. The molecule has 2 rings (SSSR count). The van der Waals surface area contributed by atoms with Crippen LogP contribution in [0.4, 0.5) is 0 Å². The van der Waals surface area contributed by atoms with Gasteiger partial charge in [-0.15, -0.1) is 0 Å². The Labute approximate surface area is 109 Å². The zero-order valence-corrected chi connectivity index (χ0v) is 10.5. The first-order valence-corrected chi connectivity index (χ1v) is 5.75. The Kier molecular flexibility index (Phi) is 3.43. The van der Waals surface area contributed by atoms with Crippen LogP contribution >= 0.6 is 11.6 Å². The van der Waals surface area contributed by atoms with Crippen LogP contribution in [0.1, 0.15) is 18.0 Å². The number of likely N-dealkylation sites (tertiary alicyclic amines) is 1. The second-order valence-electron chi connectivity index (χ2n) is 4.03. The minimum absolute atomic E-state index is 0.158. The maximum absolute atomic E-state index is 11.4. The van der Waals surface area contributed by atoms with Gasteiger partial charge in [-0.05, 0) is 17.7 Å². The number of carbonyl (C=O) groups is 2. The summed E-state index contributed by atoms with van der Waals surface area (Å²) in [5.74, 6) is -0.627. The van der Waals surface area contributed by atoms with Crippen LogP contribution in [0.25, 0.3) is 0 Å². The monoisotopic (exact) mass is 269 g/mol. The van der Waals surface area contributed by atoms with Crippen LogP contribution < -0.4 is 4.74 Å². The van der Waals surface area contributed by atoms with Gasteiger partial charge >= 0.3 is 5.97 Å². The van der Waals surface area contributed by atoms with Gasteiger partial charge in [0, 0.05) is 0 Å². The number of carboxylic acids is 1. The number of hydrogen-bond donors (Lipinski definition) is 1. The molecule has 1 aliphatic heterocycles. The normalized spacial score (nSPS) is 18.4. The van der Waals surface area contributed by atoms with Crippen molar-refractivity contribution in [2.45, 2.75) is 12.5 Å². The molecule has 18 heavy (non-hydrogen) atoms. The second-order valence-corrected chi connectivity index (χ2v) is 4.44. The molecule has 1 unspecified atom stereocenters. The van der Waals surface area contributed by atoms with Gasteiger partial charge in [-0.2, -0.15) is 0 Å². The summed E-state index contributed by atoms with van der Waals surface area (Å²) in [6, 6.07) is 4.99. The standard InChI is InChI=1S/C12H12ClNO4/c1-18-10-3-2-7(4-8(10)13)9-5-11(15)14(9)6-12(16)17/h2-4,9H,5-6H2,1H3,(H,16,17). The molecule has 0 radical (unpaired) electrons. The van der Waals surface area contributed by atoms with Crippen LogP contribution in [0.5, 0.6) is 5.75 Å². The summed E-state index contributed by atoms with van der Waals surface area (Å²) in [5.41, 5.74) is 0.821. The number of aliphatic carboxylic acids is 1. The SMILES string of the molecule is COc1ccc(C2CC(=O)N2CC(=O)O)cc1Cl. The fraction of sp³-hybridized carbons (Fsp3) is 0.333. The quantitative estimate of drug-likeness (QED) is 0.845. The van der Waals surface area contributed by atoms with Gasteiger partial charge in [0.25, 0.3) is 0 Å². The van der Waals surface area contributed by atoms with E-state index in [2.05, 4.69) is 0 Å². The maximum atomic E-state index is 11.4. The number of carboxylic acid groups (broad SMARTS) is 1. The number of benzene rings is 1. The average molecular weight is 270 g/mol. The Balaban J connectivity index is 2.19. The van der Waals surface area contributed by atoms with Gasteiger partial charge in [-0.3, -0.25) is 9.59 Å². The van der Waals surface area contributed by atoms with Crippen molar-refractivity contribution < 1.29 is 19.4 Å². The van der Waals surface area contributed by atoms with Gasteiger partial charge in [-0.25, -0.2) is 0 Å². The predicted molar refractivity (Wildman–Crippen MR) is 64.7 cm³/mol. The van der Waals surface area contributed by atoms with Gasteiger partial charge in [-0.1, -0.05) is 17.7 Å². The molecule has 1 aromatic rings. The van der Waals surface area contributed by atoms with Gasteiger partial charge in [0.1, 0.15) is 12.3 Å². The Morgan fingerprint density at radius 2 is 2.33 bits per heavy atom. The summed E-state index contributed by atoms with van der Waals surface area (Å²) in [6.07, 6.45) is 0.315. The summed E-state index contributed by atoms with van der Waals surface area (Å²) in [5, 5.41) is 9.18. The van der Waals surface area contributed by atoms with E-state index in [0.717, 1.165) is 5.56 Å². The first-order chi connectivity index (χ1) is 8.52. The molecule has 1 amide bonds. The van der Waals surface area contributed by atoms with E-state index in [1.165, 1.54) is 12.0 Å². The lowest BCUT2D eigenvalue weighted by Gasteiger charge is -2.39. The van der Waals surface area contributed by atoms with E-state index in [9.17, 15) is 9.59 Å². The van der Waals surface area contributed by atoms with Crippen molar-refractivity contribution in [3.8, 4) is 5.75 Å². The third-order valence-corrected chi connectivity index (χ3v) is 3.23. The largest absolute Gasteiger partial charge is 0.495 e. The van der Waals surface area contributed by atoms with Crippen molar-refractivity contribution in [3.05, 3.63) is 28.8 Å². The van der Waals surface area contributed by atoms with Crippen LogP contribution in [-0.2, 0) is 9.59 Å². The molecule has 1 heterocycles. The summed E-state index contributed by atoms with van der Waals surface area (Å²) >= 11 is 6.00. The molecule has 5 nitrogen and oxygen atoms in total. The number of rotatable bonds is 4. The minimum Gasteiger partial charge on any atom is -0.495 e. The van der Waals surface area contributed by atoms with Crippen molar-refractivity contribution in [2.24, 2.45) is 0 Å². The molecule has 1 atom stereocenters. The molecule has 0 aromatic heterocycles. The highest BCUT2D eigenvalue weighted by Crippen LogP contribution is 2.37. The van der Waals surface area contributed by atoms with Crippen LogP contribution in [0, 0.1) is 0 Å². The molecule has 0 saturated carbocycles. The molecule has 0 aliphatic carbocycles. The lowest BCUT2D eigenvalue weighted by atomic mass is 9.94. The van der Waals surface area contributed by atoms with E-state index in [1.54, 1.807) is 18.2 Å². The third-order valence-electron chi connectivity index (χ3n) is 2.93. The number of β-lactam (4-membered cyclic amide) rings is 1. The zero-order chi connectivity index (χ0) is 13.3. The fourth-order valence-corrected chi connectivity index (χ4v) is 2.25. The number of carbonyl (C=O) groups excluding carboxylic acids is 1. The van der Waals surface area contributed by atoms with Crippen molar-refractivity contribution in [2.75, 3.05) is 13.7 Å². The maximum Gasteiger partial charge on any atom is 0.323 e. The second kappa shape index (κ2) is 4.86. The van der Waals surface area contributed by atoms with E-state index in [4.69, 9.17) is 21.4 Å². The lowest BCUT2D eigenvalue weighted by Crippen LogP contribution is -2.48. The van der Waals surface area contributed by atoms with Crippen LogP contribution in [0.15, 0.2) is 18.2 Å². The molecular formula is C12H12ClNO4. The van der Waals surface area contributed by atoms with Crippen LogP contribution in [0.2, 0.25) is 5.02 Å². The number of hydrogen-bond acceptors (Lipinski definition) is 3. The zero-order valence-electron chi connectivity index (χ0n) is 9.72. The predicted octanol–water partition coefficient (Wildman–Crippen LogP) is 1.71. The highest BCUT2D eigenvalue weighted by Gasteiger charge is 2.38. The highest BCUT2D eigenvalue weighted by atomic mass is 35.5. The minimum atomic E-state index is -1.02. The smallest absolute Gasteiger partial charge is 0.323 e. The summed E-state index contributed by atoms with van der Waals surface area (Å²) < 4.78 is 5.04. The summed E-state index contributed by atoms with van der Waals surface area (Å²) in [4.78, 5) is 23.3. The molecular weight excluding hydrogens is 258 g/mol. The van der Waals surface area contributed by atoms with E-state index >= 15 is 0 Å². The molecule has 1 N–H and O–H groups in total. The number of nitrogens with zero attached hydrogens (tertiary/aromatic N) is 1. The molecule has 0 bridgehead atoms. The topological polar surface area (TPSA) is 66.8 Å². The number of halogens is 1. The van der Waals surface area contributed by atoms with E-state index in [1.807, 2.05) is 0 Å². The van der Waals surface area contributed by atoms with Gasteiger partial charge in [0.2, 0.25) is 5.91 Å². The van der Waals surface area contributed by atoms with E-state index in [0.29, 0.717) is 17.2 Å². The van der Waals surface area contributed by atoms with Crippen molar-refractivity contribution in [1.29, 1.82) is 0 Å². The van der Waals surface area contributed by atoms with Crippen LogP contribution in [-0.4, -0.2) is 35.5 Å². The van der Waals surface area contributed by atoms with Crippen LogP contribution in [0.3, 0.4) is 0 Å². The molecule has 1 aromatic carbocycles. The number of ether oxygens (including phenoxy) is 1. The Morgan fingerprint density at radius 3 is 2.83 bits per heavy atom. The van der Waals surface area contributed by atoms with E-state index in [-0.39, 0.29) is 18.5 Å².